The zero-order valence-electron chi connectivity index (χ0n) is 10.9. The van der Waals surface area contributed by atoms with Crippen LogP contribution in [0.15, 0.2) is 40.1 Å². The number of hydrogen-bond donors (Lipinski definition) is 0. The van der Waals surface area contributed by atoms with E-state index in [0.717, 1.165) is 11.9 Å². The summed E-state index contributed by atoms with van der Waals surface area (Å²) < 4.78 is 27.7. The zero-order chi connectivity index (χ0) is 14.5. The monoisotopic (exact) mass is 338 g/mol. The molecule has 0 amide bonds. The molecule has 3 rings (SSSR count). The predicted octanol–water partition coefficient (Wildman–Crippen LogP) is 3.78. The maximum atomic E-state index is 13.7. The topological polar surface area (TPSA) is 25.2 Å². The molecule has 1 aliphatic heterocycles. The molecular weight excluding hydrogens is 328 g/mol. The highest BCUT2D eigenvalue weighted by molar-refractivity contribution is 9.10. The fraction of sp³-hybridized carbons (Fsp3) is 0.143. The number of pyridine rings is 1. The van der Waals surface area contributed by atoms with Crippen LogP contribution in [-0.4, -0.2) is 24.9 Å². The van der Waals surface area contributed by atoms with Gasteiger partial charge in [0.15, 0.2) is 5.69 Å². The minimum absolute atomic E-state index is 0.241. The SMILES string of the molecule is C[N+]1(C)C(c2cncc(F)c2)=Nc2cc(Br)c(F)cc21. The molecule has 0 fully saturated rings. The number of amidine groups is 1. The average molecular weight is 339 g/mol. The van der Waals surface area contributed by atoms with E-state index in [2.05, 4.69) is 25.9 Å². The first-order chi connectivity index (χ1) is 9.39. The molecular formula is C14H11BrF2N3+. The number of aliphatic imine (C=N–C) groups is 1. The number of fused-ring (bicyclic) bond motifs is 1. The van der Waals surface area contributed by atoms with E-state index >= 15 is 0 Å². The number of rotatable bonds is 1. The van der Waals surface area contributed by atoms with Crippen LogP contribution in [0.25, 0.3) is 0 Å². The predicted molar refractivity (Wildman–Crippen MR) is 78.1 cm³/mol. The molecule has 0 spiro atoms. The molecule has 0 unspecified atom stereocenters. The van der Waals surface area contributed by atoms with Crippen LogP contribution in [0, 0.1) is 11.6 Å². The summed E-state index contributed by atoms with van der Waals surface area (Å²) in [5, 5.41) is 0. The highest BCUT2D eigenvalue weighted by Gasteiger charge is 2.38. The molecule has 0 saturated heterocycles. The fourth-order valence-electron chi connectivity index (χ4n) is 2.34. The smallest absolute Gasteiger partial charge is 0.242 e. The van der Waals surface area contributed by atoms with Gasteiger partial charge in [-0.2, -0.15) is 4.99 Å². The molecule has 6 heteroatoms. The van der Waals surface area contributed by atoms with Gasteiger partial charge in [-0.1, -0.05) is 0 Å². The van der Waals surface area contributed by atoms with Crippen LogP contribution in [-0.2, 0) is 0 Å². The molecule has 0 atom stereocenters. The maximum Gasteiger partial charge on any atom is 0.242 e. The van der Waals surface area contributed by atoms with Gasteiger partial charge in [-0.15, -0.1) is 0 Å². The average Bonchev–Trinajstić information content (AvgIpc) is 2.62. The first-order valence-electron chi connectivity index (χ1n) is 5.93. The van der Waals surface area contributed by atoms with Crippen LogP contribution < -0.4 is 4.48 Å². The van der Waals surface area contributed by atoms with Gasteiger partial charge in [-0.3, -0.25) is 4.98 Å². The van der Waals surface area contributed by atoms with E-state index in [9.17, 15) is 8.78 Å². The van der Waals surface area contributed by atoms with E-state index in [1.165, 1.54) is 12.1 Å². The second-order valence-electron chi connectivity index (χ2n) is 5.04. The summed E-state index contributed by atoms with van der Waals surface area (Å²) in [4.78, 5) is 8.35. The van der Waals surface area contributed by atoms with E-state index in [0.29, 0.717) is 21.6 Å². The first kappa shape index (κ1) is 13.3. The first-order valence-corrected chi connectivity index (χ1v) is 6.72. The Bertz CT molecular complexity index is 741. The summed E-state index contributed by atoms with van der Waals surface area (Å²) in [6.07, 6.45) is 2.70. The molecule has 1 aromatic carbocycles. The van der Waals surface area contributed by atoms with Crippen molar-refractivity contribution in [1.29, 1.82) is 0 Å². The van der Waals surface area contributed by atoms with Crippen molar-refractivity contribution in [1.82, 2.24) is 9.47 Å². The van der Waals surface area contributed by atoms with Gasteiger partial charge in [-0.25, -0.2) is 13.3 Å². The third kappa shape index (κ3) is 1.96. The molecule has 102 valence electrons. The van der Waals surface area contributed by atoms with Gasteiger partial charge in [0.05, 0.1) is 30.3 Å². The maximum absolute atomic E-state index is 13.7. The summed E-state index contributed by atoms with van der Waals surface area (Å²) in [6.45, 7) is 0. The third-order valence-corrected chi connectivity index (χ3v) is 3.95. The Morgan fingerprint density at radius 3 is 2.55 bits per heavy atom. The molecule has 0 radical (unpaired) electrons. The Morgan fingerprint density at radius 1 is 1.10 bits per heavy atom. The minimum Gasteiger partial charge on any atom is -0.261 e. The van der Waals surface area contributed by atoms with Crippen molar-refractivity contribution in [2.75, 3.05) is 14.1 Å². The minimum atomic E-state index is -0.423. The van der Waals surface area contributed by atoms with E-state index < -0.39 is 5.82 Å². The van der Waals surface area contributed by atoms with Crippen molar-refractivity contribution >= 4 is 33.1 Å². The van der Waals surface area contributed by atoms with Crippen molar-refractivity contribution in [3.8, 4) is 0 Å². The third-order valence-electron chi connectivity index (χ3n) is 3.34. The molecule has 1 aromatic heterocycles. The van der Waals surface area contributed by atoms with Gasteiger partial charge >= 0.3 is 0 Å². The lowest BCUT2D eigenvalue weighted by Crippen LogP contribution is -2.44. The van der Waals surface area contributed by atoms with Gasteiger partial charge < -0.3 is 0 Å². The Labute approximate surface area is 123 Å². The molecule has 0 aliphatic carbocycles. The lowest BCUT2D eigenvalue weighted by Gasteiger charge is -2.25. The van der Waals surface area contributed by atoms with Crippen molar-refractivity contribution in [2.45, 2.75) is 0 Å². The molecule has 2 heterocycles. The van der Waals surface area contributed by atoms with Crippen LogP contribution in [0.2, 0.25) is 0 Å². The molecule has 3 nitrogen and oxygen atoms in total. The van der Waals surface area contributed by atoms with Crippen LogP contribution in [0.4, 0.5) is 20.2 Å². The van der Waals surface area contributed by atoms with Crippen molar-refractivity contribution < 1.29 is 8.78 Å². The number of halogens is 3. The Hall–Kier alpha value is -1.66. The normalized spacial score (nSPS) is 15.9. The summed E-state index contributed by atoms with van der Waals surface area (Å²) in [5.74, 6) is -0.137. The second-order valence-corrected chi connectivity index (χ2v) is 5.89. The van der Waals surface area contributed by atoms with Crippen molar-refractivity contribution in [2.24, 2.45) is 4.99 Å². The van der Waals surface area contributed by atoms with Gasteiger partial charge in [0.25, 0.3) is 0 Å². The number of hydrogen-bond acceptors (Lipinski definition) is 2. The summed E-state index contributed by atoms with van der Waals surface area (Å²) in [6, 6.07) is 4.45. The second kappa shape index (κ2) is 4.43. The van der Waals surface area contributed by atoms with Crippen LogP contribution in [0.3, 0.4) is 0 Å². The lowest BCUT2D eigenvalue weighted by atomic mass is 10.2. The highest BCUT2D eigenvalue weighted by Crippen LogP contribution is 2.42. The molecule has 0 N–H and O–H groups in total. The van der Waals surface area contributed by atoms with E-state index in [1.807, 2.05) is 14.1 Å². The van der Waals surface area contributed by atoms with Crippen LogP contribution in [0.1, 0.15) is 5.56 Å². The summed E-state index contributed by atoms with van der Waals surface area (Å²) in [7, 11) is 3.76. The lowest BCUT2D eigenvalue weighted by molar-refractivity contribution is 0.585. The van der Waals surface area contributed by atoms with Gasteiger partial charge in [0.2, 0.25) is 5.84 Å². The Kier molecular flexibility index (Phi) is 2.95. The van der Waals surface area contributed by atoms with Crippen LogP contribution in [0.5, 0.6) is 0 Å². The fourth-order valence-corrected chi connectivity index (χ4v) is 2.67. The number of aromatic nitrogens is 1. The quantitative estimate of drug-likeness (QED) is 0.726. The van der Waals surface area contributed by atoms with Crippen molar-refractivity contribution in [3.63, 3.8) is 0 Å². The van der Waals surface area contributed by atoms with Gasteiger partial charge in [-0.05, 0) is 28.1 Å². The van der Waals surface area contributed by atoms with Crippen molar-refractivity contribution in [3.05, 3.63) is 52.3 Å². The van der Waals surface area contributed by atoms with Crippen LogP contribution >= 0.6 is 15.9 Å². The highest BCUT2D eigenvalue weighted by atomic mass is 79.9. The Morgan fingerprint density at radius 2 is 1.85 bits per heavy atom. The molecule has 0 saturated carbocycles. The molecule has 0 bridgehead atoms. The summed E-state index contributed by atoms with van der Waals surface area (Å²) >= 11 is 3.15. The zero-order valence-corrected chi connectivity index (χ0v) is 12.4. The van der Waals surface area contributed by atoms with E-state index in [1.54, 1.807) is 12.3 Å². The Balaban J connectivity index is 2.18. The number of nitrogens with zero attached hydrogens (tertiary/aromatic N) is 3. The van der Waals surface area contributed by atoms with Gasteiger partial charge in [0, 0.05) is 12.3 Å². The molecule has 1 aliphatic rings. The standard InChI is InChI=1S/C14H11BrF2N3/c1-20(2)13-5-11(17)10(15)4-12(13)19-14(20)8-3-9(16)7-18-6-8/h3-7H,1-2H3/q+1. The summed E-state index contributed by atoms with van der Waals surface area (Å²) in [5.41, 5.74) is 1.98. The molecule has 20 heavy (non-hydrogen) atoms. The largest absolute Gasteiger partial charge is 0.261 e. The number of quaternary nitrogens is 1. The van der Waals surface area contributed by atoms with Gasteiger partial charge in [0.1, 0.15) is 17.3 Å². The molecule has 2 aromatic rings. The number of benzene rings is 1. The van der Waals surface area contributed by atoms with E-state index in [4.69, 9.17) is 0 Å². The van der Waals surface area contributed by atoms with E-state index in [-0.39, 0.29) is 10.3 Å².